The smallest absolute Gasteiger partial charge is 0.303 e. The highest BCUT2D eigenvalue weighted by atomic mass is 32.2. The average molecular weight is 380 g/mol. The number of carboxylic acids is 1. The number of hydrogen-bond donors (Lipinski definition) is 2. The quantitative estimate of drug-likeness (QED) is 0.504. The van der Waals surface area contributed by atoms with Crippen LogP contribution >= 0.6 is 0 Å². The number of aryl methyl sites for hydroxylation is 1. The van der Waals surface area contributed by atoms with E-state index in [0.29, 0.717) is 29.7 Å². The van der Waals surface area contributed by atoms with Crippen LogP contribution in [0.4, 0.5) is 0 Å². The zero-order valence-corrected chi connectivity index (χ0v) is 16.2. The summed E-state index contributed by atoms with van der Waals surface area (Å²) in [5.74, 6) is -0.117. The second kappa shape index (κ2) is 9.88. The summed E-state index contributed by atoms with van der Waals surface area (Å²) in [6.07, 6.45) is 10.2. The van der Waals surface area contributed by atoms with E-state index in [1.54, 1.807) is 24.3 Å². The van der Waals surface area contributed by atoms with E-state index < -0.39 is 16.0 Å². The molecular formula is C20H29NO4S. The number of aliphatic carboxylic acids is 1. The lowest BCUT2D eigenvalue weighted by atomic mass is 9.79. The fourth-order valence-electron chi connectivity index (χ4n) is 3.40. The van der Waals surface area contributed by atoms with E-state index in [4.69, 9.17) is 5.11 Å². The summed E-state index contributed by atoms with van der Waals surface area (Å²) in [5.41, 5.74) is 1.03. The van der Waals surface area contributed by atoms with Gasteiger partial charge in [0.1, 0.15) is 0 Å². The Morgan fingerprint density at radius 2 is 1.92 bits per heavy atom. The van der Waals surface area contributed by atoms with Crippen LogP contribution in [0.15, 0.2) is 41.3 Å². The van der Waals surface area contributed by atoms with Crippen molar-refractivity contribution in [2.24, 2.45) is 11.8 Å². The van der Waals surface area contributed by atoms with Crippen LogP contribution in [-0.4, -0.2) is 26.0 Å². The lowest BCUT2D eigenvalue weighted by molar-refractivity contribution is -0.137. The van der Waals surface area contributed by atoms with Crippen LogP contribution in [0.2, 0.25) is 0 Å². The van der Waals surface area contributed by atoms with E-state index in [9.17, 15) is 13.2 Å². The van der Waals surface area contributed by atoms with Crippen molar-refractivity contribution in [3.05, 3.63) is 42.0 Å². The van der Waals surface area contributed by atoms with Crippen molar-refractivity contribution in [3.63, 3.8) is 0 Å². The molecule has 2 N–H and O–H groups in total. The summed E-state index contributed by atoms with van der Waals surface area (Å²) in [7, 11) is -3.48. The van der Waals surface area contributed by atoms with E-state index in [0.717, 1.165) is 37.7 Å². The Kier molecular flexibility index (Phi) is 7.85. The van der Waals surface area contributed by atoms with Crippen LogP contribution in [0.5, 0.6) is 0 Å². The molecular weight excluding hydrogens is 350 g/mol. The average Bonchev–Trinajstić information content (AvgIpc) is 2.61. The number of carbonyl (C=O) groups is 1. The van der Waals surface area contributed by atoms with Crippen molar-refractivity contribution in [2.75, 3.05) is 6.54 Å². The highest BCUT2D eigenvalue weighted by Gasteiger charge is 2.25. The third kappa shape index (κ3) is 6.57. The molecule has 144 valence electrons. The van der Waals surface area contributed by atoms with Crippen molar-refractivity contribution in [2.45, 2.75) is 56.8 Å². The molecule has 0 aliphatic heterocycles. The molecule has 0 saturated heterocycles. The molecule has 1 aliphatic rings. The van der Waals surface area contributed by atoms with Crippen molar-refractivity contribution in [1.29, 1.82) is 0 Å². The molecule has 1 aromatic rings. The van der Waals surface area contributed by atoms with Gasteiger partial charge in [0.2, 0.25) is 10.0 Å². The van der Waals surface area contributed by atoms with Gasteiger partial charge in [0, 0.05) is 13.0 Å². The number of sulfonamides is 1. The van der Waals surface area contributed by atoms with Gasteiger partial charge in [-0.2, -0.15) is 0 Å². The van der Waals surface area contributed by atoms with Crippen LogP contribution in [0.3, 0.4) is 0 Å². The standard InChI is InChI=1S/C20H29NO4S/c1-16-11-13-19(14-12-16)26(24,25)21-15-18-9-6-5-8-17(18)7-3-2-4-10-20(22)23/h3,7,11-14,17-18,21H,2,4-6,8-10,15H2,1H3,(H,22,23)/b7-3+. The maximum atomic E-state index is 12.5. The molecule has 1 fully saturated rings. The molecule has 0 aromatic heterocycles. The SMILES string of the molecule is Cc1ccc(S(=O)(=O)NCC2CCCCC2/C=C/CCCC(=O)O)cc1. The summed E-state index contributed by atoms with van der Waals surface area (Å²) < 4.78 is 27.7. The molecule has 0 radical (unpaired) electrons. The Morgan fingerprint density at radius 1 is 1.23 bits per heavy atom. The zero-order valence-electron chi connectivity index (χ0n) is 15.4. The molecule has 0 amide bonds. The molecule has 26 heavy (non-hydrogen) atoms. The van der Waals surface area contributed by atoms with Gasteiger partial charge < -0.3 is 5.11 Å². The Balaban J connectivity index is 1.90. The number of benzene rings is 1. The van der Waals surface area contributed by atoms with Crippen molar-refractivity contribution in [3.8, 4) is 0 Å². The third-order valence-corrected chi connectivity index (χ3v) is 6.42. The zero-order chi connectivity index (χ0) is 19.0. The normalized spacial score (nSPS) is 21.1. The molecule has 1 saturated carbocycles. The topological polar surface area (TPSA) is 83.5 Å². The molecule has 0 spiro atoms. The first-order chi connectivity index (χ1) is 12.4. The molecule has 2 rings (SSSR count). The molecule has 5 nitrogen and oxygen atoms in total. The molecule has 0 bridgehead atoms. The Hall–Kier alpha value is -1.66. The molecule has 0 heterocycles. The van der Waals surface area contributed by atoms with Gasteiger partial charge in [-0.25, -0.2) is 13.1 Å². The Bertz CT molecular complexity index is 710. The fourth-order valence-corrected chi connectivity index (χ4v) is 4.50. The highest BCUT2D eigenvalue weighted by molar-refractivity contribution is 7.89. The first kappa shape index (κ1) is 20.6. The highest BCUT2D eigenvalue weighted by Crippen LogP contribution is 2.31. The van der Waals surface area contributed by atoms with Gasteiger partial charge in [0.05, 0.1) is 4.90 Å². The van der Waals surface area contributed by atoms with Crippen LogP contribution in [0, 0.1) is 18.8 Å². The Morgan fingerprint density at radius 3 is 2.62 bits per heavy atom. The minimum Gasteiger partial charge on any atom is -0.481 e. The van der Waals surface area contributed by atoms with E-state index in [-0.39, 0.29) is 6.42 Å². The van der Waals surface area contributed by atoms with Crippen LogP contribution < -0.4 is 4.72 Å². The van der Waals surface area contributed by atoms with Crippen LogP contribution in [0.25, 0.3) is 0 Å². The van der Waals surface area contributed by atoms with Gasteiger partial charge in [0.25, 0.3) is 0 Å². The van der Waals surface area contributed by atoms with Crippen molar-refractivity contribution < 1.29 is 18.3 Å². The van der Waals surface area contributed by atoms with Crippen molar-refractivity contribution >= 4 is 16.0 Å². The van der Waals surface area contributed by atoms with Gasteiger partial charge in [-0.15, -0.1) is 0 Å². The molecule has 2 atom stereocenters. The predicted octanol–water partition coefficient (Wildman–Crippen LogP) is 3.89. The first-order valence-electron chi connectivity index (χ1n) is 9.33. The number of rotatable bonds is 9. The molecule has 1 aromatic carbocycles. The summed E-state index contributed by atoms with van der Waals surface area (Å²) in [6, 6.07) is 6.88. The van der Waals surface area contributed by atoms with Gasteiger partial charge in [0.15, 0.2) is 0 Å². The molecule has 2 unspecified atom stereocenters. The number of unbranched alkanes of at least 4 members (excludes halogenated alkanes) is 1. The second-order valence-corrected chi connectivity index (χ2v) is 8.85. The van der Waals surface area contributed by atoms with Crippen LogP contribution in [-0.2, 0) is 14.8 Å². The minimum absolute atomic E-state index is 0.189. The largest absolute Gasteiger partial charge is 0.481 e. The third-order valence-electron chi connectivity index (χ3n) is 4.98. The van der Waals surface area contributed by atoms with Crippen LogP contribution in [0.1, 0.15) is 50.5 Å². The second-order valence-electron chi connectivity index (χ2n) is 7.09. The van der Waals surface area contributed by atoms with E-state index in [1.807, 2.05) is 6.92 Å². The lowest BCUT2D eigenvalue weighted by Crippen LogP contribution is -2.33. The molecule has 6 heteroatoms. The monoisotopic (exact) mass is 379 g/mol. The van der Waals surface area contributed by atoms with Gasteiger partial charge in [-0.05, 0) is 56.6 Å². The summed E-state index contributed by atoms with van der Waals surface area (Å²) in [4.78, 5) is 10.8. The number of allylic oxidation sites excluding steroid dienone is 2. The first-order valence-corrected chi connectivity index (χ1v) is 10.8. The van der Waals surface area contributed by atoms with Gasteiger partial charge in [-0.3, -0.25) is 4.79 Å². The Labute approximate surface area is 156 Å². The van der Waals surface area contributed by atoms with E-state index in [1.165, 1.54) is 0 Å². The maximum Gasteiger partial charge on any atom is 0.303 e. The fraction of sp³-hybridized carbons (Fsp3) is 0.550. The van der Waals surface area contributed by atoms with Gasteiger partial charge in [-0.1, -0.05) is 42.7 Å². The predicted molar refractivity (Wildman–Crippen MR) is 102 cm³/mol. The number of nitrogens with one attached hydrogen (secondary N) is 1. The lowest BCUT2D eigenvalue weighted by Gasteiger charge is -2.29. The summed E-state index contributed by atoms with van der Waals surface area (Å²) in [5, 5.41) is 8.67. The van der Waals surface area contributed by atoms with Gasteiger partial charge >= 0.3 is 5.97 Å². The number of carboxylic acid groups (broad SMARTS) is 1. The van der Waals surface area contributed by atoms with E-state index >= 15 is 0 Å². The maximum absolute atomic E-state index is 12.5. The summed E-state index contributed by atoms with van der Waals surface area (Å²) in [6.45, 7) is 2.37. The van der Waals surface area contributed by atoms with Crippen molar-refractivity contribution in [1.82, 2.24) is 4.72 Å². The molecule has 1 aliphatic carbocycles. The van der Waals surface area contributed by atoms with E-state index in [2.05, 4.69) is 16.9 Å². The minimum atomic E-state index is -3.48. The number of hydrogen-bond acceptors (Lipinski definition) is 3. The summed E-state index contributed by atoms with van der Waals surface area (Å²) >= 11 is 0.